The van der Waals surface area contributed by atoms with Crippen LogP contribution in [0, 0.1) is 0 Å². The molecule has 1 aromatic heterocycles. The minimum atomic E-state index is 0.0130. The lowest BCUT2D eigenvalue weighted by molar-refractivity contribution is 0.277. The van der Waals surface area contributed by atoms with Crippen molar-refractivity contribution in [1.82, 2.24) is 4.98 Å². The maximum Gasteiger partial charge on any atom is 0.118 e. The van der Waals surface area contributed by atoms with E-state index in [1.165, 1.54) is 5.56 Å². The van der Waals surface area contributed by atoms with Crippen molar-refractivity contribution >= 4 is 11.3 Å². The molecule has 0 radical (unpaired) electrons. The van der Waals surface area contributed by atoms with Gasteiger partial charge in [-0.1, -0.05) is 12.1 Å². The fourth-order valence-corrected chi connectivity index (χ4v) is 2.24. The first-order valence-electron chi connectivity index (χ1n) is 4.99. The summed E-state index contributed by atoms with van der Waals surface area (Å²) in [7, 11) is 1.66. The Labute approximate surface area is 98.4 Å². The van der Waals surface area contributed by atoms with E-state index < -0.39 is 0 Å². The van der Waals surface area contributed by atoms with Crippen molar-refractivity contribution < 1.29 is 9.84 Å². The first-order chi connectivity index (χ1) is 7.81. The van der Waals surface area contributed by atoms with E-state index in [9.17, 15) is 0 Å². The van der Waals surface area contributed by atoms with Gasteiger partial charge in [0.2, 0.25) is 0 Å². The summed E-state index contributed by atoms with van der Waals surface area (Å²) in [5, 5.41) is 11.8. The van der Waals surface area contributed by atoms with Crippen LogP contribution in [0.5, 0.6) is 5.75 Å². The second-order valence-corrected chi connectivity index (χ2v) is 4.36. The molecular weight excluding hydrogens is 222 g/mol. The molecule has 0 aliphatic rings. The van der Waals surface area contributed by atoms with Crippen LogP contribution in [-0.4, -0.2) is 17.2 Å². The van der Waals surface area contributed by atoms with Gasteiger partial charge in [0.25, 0.3) is 0 Å². The molecule has 0 atom stereocenters. The predicted octanol–water partition coefficient (Wildman–Crippen LogP) is 2.23. The third kappa shape index (κ3) is 2.59. The number of nitrogens with zero attached hydrogens (tertiary/aromatic N) is 1. The molecule has 0 saturated heterocycles. The van der Waals surface area contributed by atoms with Crippen LogP contribution < -0.4 is 4.74 Å². The smallest absolute Gasteiger partial charge is 0.118 e. The van der Waals surface area contributed by atoms with Crippen LogP contribution in [0.1, 0.15) is 16.3 Å². The molecule has 1 heterocycles. The van der Waals surface area contributed by atoms with Gasteiger partial charge in [0, 0.05) is 11.8 Å². The van der Waals surface area contributed by atoms with Crippen LogP contribution in [0.4, 0.5) is 0 Å². The highest BCUT2D eigenvalue weighted by Gasteiger charge is 2.02. The number of ether oxygens (including phenoxy) is 1. The molecule has 2 aromatic rings. The van der Waals surface area contributed by atoms with Gasteiger partial charge in [0.05, 0.1) is 24.4 Å². The van der Waals surface area contributed by atoms with Crippen LogP contribution in [0.3, 0.4) is 0 Å². The number of benzene rings is 1. The second kappa shape index (κ2) is 5.09. The predicted molar refractivity (Wildman–Crippen MR) is 63.8 cm³/mol. The summed E-state index contributed by atoms with van der Waals surface area (Å²) < 4.78 is 5.09. The summed E-state index contributed by atoms with van der Waals surface area (Å²) in [6.45, 7) is 0.0130. The van der Waals surface area contributed by atoms with E-state index in [0.717, 1.165) is 22.9 Å². The van der Waals surface area contributed by atoms with E-state index in [2.05, 4.69) is 4.98 Å². The highest BCUT2D eigenvalue weighted by atomic mass is 32.1. The Morgan fingerprint density at radius 3 is 2.62 bits per heavy atom. The Kier molecular flexibility index (Phi) is 3.54. The van der Waals surface area contributed by atoms with Crippen molar-refractivity contribution in [2.45, 2.75) is 13.0 Å². The monoisotopic (exact) mass is 235 g/mol. The Hall–Kier alpha value is -1.39. The Morgan fingerprint density at radius 2 is 2.06 bits per heavy atom. The van der Waals surface area contributed by atoms with E-state index in [4.69, 9.17) is 9.84 Å². The molecule has 4 heteroatoms. The number of aliphatic hydroxyl groups is 1. The molecule has 0 saturated carbocycles. The molecule has 84 valence electrons. The Balaban J connectivity index is 2.08. The highest BCUT2D eigenvalue weighted by Crippen LogP contribution is 2.17. The molecule has 0 unspecified atom stereocenters. The zero-order chi connectivity index (χ0) is 11.4. The normalized spacial score (nSPS) is 10.4. The molecule has 1 N–H and O–H groups in total. The van der Waals surface area contributed by atoms with Crippen LogP contribution in [0.2, 0.25) is 0 Å². The van der Waals surface area contributed by atoms with Gasteiger partial charge < -0.3 is 9.84 Å². The SMILES string of the molecule is COc1ccc(Cc2nc(CO)cs2)cc1. The van der Waals surface area contributed by atoms with Gasteiger partial charge in [-0.3, -0.25) is 0 Å². The van der Waals surface area contributed by atoms with Gasteiger partial charge in [-0.05, 0) is 17.7 Å². The number of rotatable bonds is 4. The minimum Gasteiger partial charge on any atom is -0.497 e. The maximum atomic E-state index is 8.91. The van der Waals surface area contributed by atoms with E-state index in [1.807, 2.05) is 29.6 Å². The lowest BCUT2D eigenvalue weighted by Gasteiger charge is -2.01. The minimum absolute atomic E-state index is 0.0130. The lowest BCUT2D eigenvalue weighted by Crippen LogP contribution is -1.89. The Morgan fingerprint density at radius 1 is 1.31 bits per heavy atom. The molecule has 0 bridgehead atoms. The van der Waals surface area contributed by atoms with Gasteiger partial charge in [-0.15, -0.1) is 11.3 Å². The van der Waals surface area contributed by atoms with Gasteiger partial charge in [-0.25, -0.2) is 4.98 Å². The molecule has 16 heavy (non-hydrogen) atoms. The van der Waals surface area contributed by atoms with Crippen molar-refractivity contribution in [2.24, 2.45) is 0 Å². The number of hydrogen-bond acceptors (Lipinski definition) is 4. The zero-order valence-electron chi connectivity index (χ0n) is 9.01. The van der Waals surface area contributed by atoms with Gasteiger partial charge in [0.15, 0.2) is 0 Å². The standard InChI is InChI=1S/C12H13NO2S/c1-15-11-4-2-9(3-5-11)6-12-13-10(7-14)8-16-12/h2-5,8,14H,6-7H2,1H3. The highest BCUT2D eigenvalue weighted by molar-refractivity contribution is 7.09. The molecule has 0 fully saturated rings. The van der Waals surface area contributed by atoms with E-state index >= 15 is 0 Å². The second-order valence-electron chi connectivity index (χ2n) is 3.42. The quantitative estimate of drug-likeness (QED) is 0.883. The summed E-state index contributed by atoms with van der Waals surface area (Å²) >= 11 is 1.58. The summed E-state index contributed by atoms with van der Waals surface area (Å²) in [6.07, 6.45) is 0.800. The first kappa shape index (κ1) is 11.1. The average molecular weight is 235 g/mol. The van der Waals surface area contributed by atoms with Gasteiger partial charge in [0.1, 0.15) is 5.75 Å². The average Bonchev–Trinajstić information content (AvgIpc) is 2.78. The third-order valence-electron chi connectivity index (χ3n) is 2.28. The fraction of sp³-hybridized carbons (Fsp3) is 0.250. The molecule has 3 nitrogen and oxygen atoms in total. The zero-order valence-corrected chi connectivity index (χ0v) is 9.83. The van der Waals surface area contributed by atoms with E-state index in [1.54, 1.807) is 18.4 Å². The van der Waals surface area contributed by atoms with Crippen molar-refractivity contribution in [3.63, 3.8) is 0 Å². The van der Waals surface area contributed by atoms with Gasteiger partial charge in [-0.2, -0.15) is 0 Å². The molecule has 1 aromatic carbocycles. The van der Waals surface area contributed by atoms with Crippen molar-refractivity contribution in [3.8, 4) is 5.75 Å². The summed E-state index contributed by atoms with van der Waals surface area (Å²) in [6, 6.07) is 7.93. The van der Waals surface area contributed by atoms with Gasteiger partial charge >= 0.3 is 0 Å². The fourth-order valence-electron chi connectivity index (χ4n) is 1.42. The van der Waals surface area contributed by atoms with Crippen molar-refractivity contribution in [2.75, 3.05) is 7.11 Å². The molecule has 0 spiro atoms. The van der Waals surface area contributed by atoms with E-state index in [-0.39, 0.29) is 6.61 Å². The summed E-state index contributed by atoms with van der Waals surface area (Å²) in [5.74, 6) is 0.860. The summed E-state index contributed by atoms with van der Waals surface area (Å²) in [4.78, 5) is 4.30. The van der Waals surface area contributed by atoms with E-state index in [0.29, 0.717) is 0 Å². The molecule has 0 aliphatic heterocycles. The molecule has 2 rings (SSSR count). The lowest BCUT2D eigenvalue weighted by atomic mass is 10.1. The van der Waals surface area contributed by atoms with Crippen molar-refractivity contribution in [1.29, 1.82) is 0 Å². The molecule has 0 aliphatic carbocycles. The number of hydrogen-bond donors (Lipinski definition) is 1. The van der Waals surface area contributed by atoms with Crippen LogP contribution in [0.25, 0.3) is 0 Å². The third-order valence-corrected chi connectivity index (χ3v) is 3.17. The molecule has 0 amide bonds. The number of methoxy groups -OCH3 is 1. The molecular formula is C12H13NO2S. The largest absolute Gasteiger partial charge is 0.497 e. The number of thiazole rings is 1. The summed E-state index contributed by atoms with van der Waals surface area (Å²) in [5.41, 5.74) is 1.94. The Bertz CT molecular complexity index is 450. The maximum absolute atomic E-state index is 8.91. The van der Waals surface area contributed by atoms with Crippen LogP contribution in [0.15, 0.2) is 29.6 Å². The van der Waals surface area contributed by atoms with Crippen molar-refractivity contribution in [3.05, 3.63) is 45.9 Å². The topological polar surface area (TPSA) is 42.4 Å². The first-order valence-corrected chi connectivity index (χ1v) is 5.87. The van der Waals surface area contributed by atoms with Crippen LogP contribution in [-0.2, 0) is 13.0 Å². The number of aromatic nitrogens is 1. The van der Waals surface area contributed by atoms with Crippen LogP contribution >= 0.6 is 11.3 Å². The number of aliphatic hydroxyl groups excluding tert-OH is 1.